The molecule has 2 aromatic rings. The highest BCUT2D eigenvalue weighted by Gasteiger charge is 2.34. The monoisotopic (exact) mass is 371 g/mol. The fraction of sp³-hybridized carbons (Fsp3) is 0.222. The third-order valence-corrected chi connectivity index (χ3v) is 4.03. The minimum Gasteiger partial charge on any atom is -0.491 e. The van der Waals surface area contributed by atoms with Crippen molar-refractivity contribution in [2.24, 2.45) is 0 Å². The molecule has 0 fully saturated rings. The molecule has 2 aromatic carbocycles. The fourth-order valence-corrected chi connectivity index (χ4v) is 2.69. The number of nitro benzene ring substituents is 1. The molecule has 9 nitrogen and oxygen atoms in total. The summed E-state index contributed by atoms with van der Waals surface area (Å²) in [6, 6.07) is 10.8. The normalized spacial score (nSPS) is 13.0. The molecule has 0 saturated carbocycles. The number of nitrogens with two attached hydrogens (primary N) is 1. The highest BCUT2D eigenvalue weighted by atomic mass is 16.6. The van der Waals surface area contributed by atoms with Crippen LogP contribution in [0, 0.1) is 10.1 Å². The number of carbonyl (C=O) groups excluding carboxylic acids is 2. The molecule has 1 aliphatic rings. The molecule has 140 valence electrons. The number of anilines is 1. The van der Waals surface area contributed by atoms with Gasteiger partial charge in [0.25, 0.3) is 17.5 Å². The van der Waals surface area contributed by atoms with Crippen molar-refractivity contribution < 1.29 is 24.0 Å². The Bertz CT molecular complexity index is 863. The SMILES string of the molecule is Nc1ccc(OCCOCCN2C(=O)c3ccccc3C2=O)cc1[N+](=O)[O-]. The first-order valence-electron chi connectivity index (χ1n) is 8.18. The number of rotatable bonds is 8. The number of nitrogens with zero attached hydrogens (tertiary/aromatic N) is 2. The Balaban J connectivity index is 1.42. The second kappa shape index (κ2) is 7.83. The molecule has 27 heavy (non-hydrogen) atoms. The average molecular weight is 371 g/mol. The van der Waals surface area contributed by atoms with Crippen molar-refractivity contribution in [2.75, 3.05) is 32.1 Å². The summed E-state index contributed by atoms with van der Waals surface area (Å²) in [4.78, 5) is 35.8. The lowest BCUT2D eigenvalue weighted by Gasteiger charge is -2.14. The number of ether oxygens (including phenoxy) is 2. The van der Waals surface area contributed by atoms with E-state index >= 15 is 0 Å². The van der Waals surface area contributed by atoms with Crippen LogP contribution in [0.2, 0.25) is 0 Å². The third kappa shape index (κ3) is 3.87. The highest BCUT2D eigenvalue weighted by Crippen LogP contribution is 2.26. The third-order valence-electron chi connectivity index (χ3n) is 4.03. The van der Waals surface area contributed by atoms with Crippen molar-refractivity contribution in [3.8, 4) is 5.75 Å². The maximum absolute atomic E-state index is 12.2. The van der Waals surface area contributed by atoms with E-state index in [2.05, 4.69) is 0 Å². The van der Waals surface area contributed by atoms with E-state index in [9.17, 15) is 19.7 Å². The highest BCUT2D eigenvalue weighted by molar-refractivity contribution is 6.21. The van der Waals surface area contributed by atoms with Crippen molar-refractivity contribution in [3.05, 3.63) is 63.7 Å². The molecular formula is C18H17N3O6. The van der Waals surface area contributed by atoms with Gasteiger partial charge in [-0.15, -0.1) is 0 Å². The molecule has 0 atom stereocenters. The fourth-order valence-electron chi connectivity index (χ4n) is 2.69. The maximum atomic E-state index is 12.2. The van der Waals surface area contributed by atoms with E-state index in [0.717, 1.165) is 4.90 Å². The zero-order valence-corrected chi connectivity index (χ0v) is 14.3. The van der Waals surface area contributed by atoms with Crippen LogP contribution in [0.15, 0.2) is 42.5 Å². The molecule has 2 amide bonds. The van der Waals surface area contributed by atoms with E-state index in [1.807, 2.05) is 0 Å². The zero-order valence-electron chi connectivity index (χ0n) is 14.3. The second-order valence-corrected chi connectivity index (χ2v) is 5.75. The summed E-state index contributed by atoms with van der Waals surface area (Å²) in [7, 11) is 0. The van der Waals surface area contributed by atoms with Gasteiger partial charge in [-0.3, -0.25) is 24.6 Å². The van der Waals surface area contributed by atoms with Gasteiger partial charge in [0.1, 0.15) is 18.0 Å². The predicted octanol–water partition coefficient (Wildman–Crippen LogP) is 1.87. The Labute approximate surface area is 154 Å². The number of carbonyl (C=O) groups is 2. The number of amides is 2. The molecule has 0 saturated heterocycles. The molecule has 3 rings (SSSR count). The minimum absolute atomic E-state index is 0.0598. The molecule has 0 unspecified atom stereocenters. The predicted molar refractivity (Wildman–Crippen MR) is 95.6 cm³/mol. The van der Waals surface area contributed by atoms with Crippen LogP contribution < -0.4 is 10.5 Å². The number of fused-ring (bicyclic) bond motifs is 1. The number of nitrogen functional groups attached to an aromatic ring is 1. The van der Waals surface area contributed by atoms with E-state index in [-0.39, 0.29) is 49.6 Å². The number of nitro groups is 1. The van der Waals surface area contributed by atoms with Crippen molar-refractivity contribution in [1.29, 1.82) is 0 Å². The number of hydrogen-bond acceptors (Lipinski definition) is 7. The van der Waals surface area contributed by atoms with Crippen molar-refractivity contribution >= 4 is 23.2 Å². The quantitative estimate of drug-likeness (QED) is 0.247. The summed E-state index contributed by atoms with van der Waals surface area (Å²) in [6.45, 7) is 0.654. The lowest BCUT2D eigenvalue weighted by atomic mass is 10.1. The van der Waals surface area contributed by atoms with Gasteiger partial charge >= 0.3 is 0 Å². The number of imide groups is 1. The number of benzene rings is 2. The van der Waals surface area contributed by atoms with Gasteiger partial charge in [0.2, 0.25) is 0 Å². The molecule has 0 aliphatic carbocycles. The van der Waals surface area contributed by atoms with Crippen LogP contribution >= 0.6 is 0 Å². The van der Waals surface area contributed by atoms with Crippen LogP contribution in [0.3, 0.4) is 0 Å². The molecule has 0 aromatic heterocycles. The topological polar surface area (TPSA) is 125 Å². The summed E-state index contributed by atoms with van der Waals surface area (Å²) >= 11 is 0. The Morgan fingerprint density at radius 1 is 1.00 bits per heavy atom. The average Bonchev–Trinajstić information content (AvgIpc) is 2.90. The first kappa shape index (κ1) is 18.3. The van der Waals surface area contributed by atoms with Crippen LogP contribution in [-0.4, -0.2) is 48.0 Å². The van der Waals surface area contributed by atoms with Crippen LogP contribution in [0.1, 0.15) is 20.7 Å². The summed E-state index contributed by atoms with van der Waals surface area (Å²) in [5.74, 6) is -0.353. The van der Waals surface area contributed by atoms with Crippen molar-refractivity contribution in [1.82, 2.24) is 4.90 Å². The van der Waals surface area contributed by atoms with Gasteiger partial charge in [0.15, 0.2) is 0 Å². The smallest absolute Gasteiger partial charge is 0.295 e. The van der Waals surface area contributed by atoms with E-state index in [1.54, 1.807) is 24.3 Å². The van der Waals surface area contributed by atoms with E-state index in [4.69, 9.17) is 15.2 Å². The summed E-state index contributed by atoms with van der Waals surface area (Å²) in [5, 5.41) is 10.8. The van der Waals surface area contributed by atoms with E-state index < -0.39 is 4.92 Å². The largest absolute Gasteiger partial charge is 0.491 e. The Morgan fingerprint density at radius 2 is 1.67 bits per heavy atom. The van der Waals surface area contributed by atoms with Gasteiger partial charge < -0.3 is 15.2 Å². The lowest BCUT2D eigenvalue weighted by molar-refractivity contribution is -0.384. The van der Waals surface area contributed by atoms with Crippen LogP contribution in [0.4, 0.5) is 11.4 Å². The van der Waals surface area contributed by atoms with Crippen LogP contribution in [-0.2, 0) is 4.74 Å². The molecule has 0 bridgehead atoms. The van der Waals surface area contributed by atoms with Crippen LogP contribution in [0.25, 0.3) is 0 Å². The second-order valence-electron chi connectivity index (χ2n) is 5.75. The molecular weight excluding hydrogens is 354 g/mol. The number of hydrogen-bond donors (Lipinski definition) is 1. The van der Waals surface area contributed by atoms with Gasteiger partial charge in [-0.1, -0.05) is 12.1 Å². The summed E-state index contributed by atoms with van der Waals surface area (Å²) in [5.41, 5.74) is 6.15. The standard InChI is InChI=1S/C18H17N3O6/c19-15-6-5-12(11-16(15)21(24)25)27-10-9-26-8-7-20-17(22)13-3-1-2-4-14(13)18(20)23/h1-6,11H,7-10,19H2. The lowest BCUT2D eigenvalue weighted by Crippen LogP contribution is -2.33. The minimum atomic E-state index is -0.583. The Morgan fingerprint density at radius 3 is 2.30 bits per heavy atom. The molecule has 0 spiro atoms. The van der Waals surface area contributed by atoms with E-state index in [0.29, 0.717) is 16.9 Å². The molecule has 1 aliphatic heterocycles. The maximum Gasteiger partial charge on any atom is 0.295 e. The van der Waals surface area contributed by atoms with Crippen molar-refractivity contribution in [3.63, 3.8) is 0 Å². The molecule has 9 heteroatoms. The first-order valence-corrected chi connectivity index (χ1v) is 8.18. The van der Waals surface area contributed by atoms with Gasteiger partial charge in [0.05, 0.1) is 41.9 Å². The van der Waals surface area contributed by atoms with E-state index in [1.165, 1.54) is 18.2 Å². The summed E-state index contributed by atoms with van der Waals surface area (Å²) in [6.07, 6.45) is 0. The first-order chi connectivity index (χ1) is 13.0. The van der Waals surface area contributed by atoms with Gasteiger partial charge in [0, 0.05) is 0 Å². The molecule has 1 heterocycles. The van der Waals surface area contributed by atoms with Gasteiger partial charge in [-0.05, 0) is 24.3 Å². The Hall–Kier alpha value is -3.46. The van der Waals surface area contributed by atoms with Gasteiger partial charge in [-0.25, -0.2) is 0 Å². The zero-order chi connectivity index (χ0) is 19.4. The van der Waals surface area contributed by atoms with Crippen molar-refractivity contribution in [2.45, 2.75) is 0 Å². The van der Waals surface area contributed by atoms with Crippen LogP contribution in [0.5, 0.6) is 5.75 Å². The summed E-state index contributed by atoms with van der Waals surface area (Å²) < 4.78 is 10.8. The molecule has 0 radical (unpaired) electrons. The molecule has 2 N–H and O–H groups in total. The Kier molecular flexibility index (Phi) is 5.32. The van der Waals surface area contributed by atoms with Gasteiger partial charge in [-0.2, -0.15) is 0 Å².